The van der Waals surface area contributed by atoms with E-state index in [1.807, 2.05) is 6.92 Å². The highest BCUT2D eigenvalue weighted by Gasteiger charge is 2.05. The Kier molecular flexibility index (Phi) is 3.97. The van der Waals surface area contributed by atoms with Crippen molar-refractivity contribution in [2.24, 2.45) is 0 Å². The van der Waals surface area contributed by atoms with Crippen molar-refractivity contribution < 1.29 is 9.59 Å². The van der Waals surface area contributed by atoms with Crippen molar-refractivity contribution in [2.75, 3.05) is 5.32 Å². The lowest BCUT2D eigenvalue weighted by atomic mass is 10.1. The van der Waals surface area contributed by atoms with Gasteiger partial charge in [-0.15, -0.1) is 0 Å². The molecule has 0 aliphatic rings. The number of rotatable bonds is 4. The molecular weight excluding hydrogens is 192 g/mol. The zero-order valence-corrected chi connectivity index (χ0v) is 8.91. The molecule has 4 heteroatoms. The summed E-state index contributed by atoms with van der Waals surface area (Å²) in [5.41, 5.74) is 0.589. The van der Waals surface area contributed by atoms with Crippen LogP contribution < -0.4 is 5.32 Å². The number of carbonyl (C=O) groups is 2. The Labute approximate surface area is 88.7 Å². The van der Waals surface area contributed by atoms with E-state index in [0.29, 0.717) is 17.8 Å². The molecular formula is C11H14N2O2. The molecule has 0 bridgehead atoms. The number of anilines is 1. The molecule has 1 aromatic heterocycles. The molecule has 0 spiro atoms. The van der Waals surface area contributed by atoms with E-state index in [2.05, 4.69) is 10.3 Å². The van der Waals surface area contributed by atoms with Gasteiger partial charge in [-0.25, -0.2) is 4.98 Å². The maximum Gasteiger partial charge on any atom is 0.222 e. The molecule has 0 unspecified atom stereocenters. The average molecular weight is 206 g/mol. The first kappa shape index (κ1) is 11.4. The van der Waals surface area contributed by atoms with E-state index in [1.165, 1.54) is 13.1 Å². The summed E-state index contributed by atoms with van der Waals surface area (Å²) in [4.78, 5) is 26.1. The number of nitrogens with zero attached hydrogens (tertiary/aromatic N) is 1. The Morgan fingerprint density at radius 3 is 2.60 bits per heavy atom. The summed E-state index contributed by atoms with van der Waals surface area (Å²) in [6, 6.07) is 3.31. The van der Waals surface area contributed by atoms with Crippen LogP contribution in [0.15, 0.2) is 18.3 Å². The Bertz CT molecular complexity index is 357. The molecule has 0 saturated heterocycles. The quantitative estimate of drug-likeness (QED) is 0.767. The Balaban J connectivity index is 2.71. The Hall–Kier alpha value is -1.71. The minimum Gasteiger partial charge on any atom is -0.311 e. The smallest absolute Gasteiger partial charge is 0.222 e. The maximum atomic E-state index is 11.5. The average Bonchev–Trinajstić information content (AvgIpc) is 2.18. The summed E-state index contributed by atoms with van der Waals surface area (Å²) in [5, 5.41) is 2.54. The van der Waals surface area contributed by atoms with Crippen LogP contribution in [0.1, 0.15) is 37.0 Å². The number of hydrogen-bond acceptors (Lipinski definition) is 3. The fraction of sp³-hybridized carbons (Fsp3) is 0.364. The lowest BCUT2D eigenvalue weighted by Crippen LogP contribution is -2.08. The molecule has 1 N–H and O–H groups in total. The molecule has 1 aromatic rings. The predicted octanol–water partition coefficient (Wildman–Crippen LogP) is 2.02. The molecule has 0 aliphatic carbocycles. The Morgan fingerprint density at radius 2 is 2.13 bits per heavy atom. The molecule has 0 fully saturated rings. The third-order valence-electron chi connectivity index (χ3n) is 1.87. The van der Waals surface area contributed by atoms with Gasteiger partial charge in [0.15, 0.2) is 5.78 Å². The molecule has 1 amide bonds. The van der Waals surface area contributed by atoms with Crippen molar-refractivity contribution >= 4 is 17.5 Å². The molecule has 1 heterocycles. The van der Waals surface area contributed by atoms with Gasteiger partial charge in [0.05, 0.1) is 0 Å². The summed E-state index contributed by atoms with van der Waals surface area (Å²) < 4.78 is 0. The van der Waals surface area contributed by atoms with Crippen LogP contribution in [0, 0.1) is 0 Å². The first-order valence-electron chi connectivity index (χ1n) is 4.90. The highest BCUT2D eigenvalue weighted by atomic mass is 16.1. The second kappa shape index (κ2) is 5.24. The van der Waals surface area contributed by atoms with Crippen LogP contribution in [-0.4, -0.2) is 16.7 Å². The van der Waals surface area contributed by atoms with Crippen molar-refractivity contribution in [1.29, 1.82) is 0 Å². The van der Waals surface area contributed by atoms with Crippen molar-refractivity contribution in [3.05, 3.63) is 23.9 Å². The van der Waals surface area contributed by atoms with Crippen LogP contribution in [-0.2, 0) is 4.79 Å². The first-order chi connectivity index (χ1) is 7.13. The van der Waals surface area contributed by atoms with Crippen LogP contribution >= 0.6 is 0 Å². The second-order valence-corrected chi connectivity index (χ2v) is 3.29. The molecule has 80 valence electrons. The fourth-order valence-corrected chi connectivity index (χ4v) is 1.18. The molecule has 15 heavy (non-hydrogen) atoms. The van der Waals surface area contributed by atoms with E-state index in [-0.39, 0.29) is 11.7 Å². The fourth-order valence-electron chi connectivity index (χ4n) is 1.18. The third kappa shape index (κ3) is 3.50. The highest BCUT2D eigenvalue weighted by Crippen LogP contribution is 2.08. The van der Waals surface area contributed by atoms with Crippen LogP contribution in [0.5, 0.6) is 0 Å². The monoisotopic (exact) mass is 206 g/mol. The number of hydrogen-bond donors (Lipinski definition) is 1. The summed E-state index contributed by atoms with van der Waals surface area (Å²) in [6.07, 6.45) is 2.84. The highest BCUT2D eigenvalue weighted by molar-refractivity contribution is 5.96. The maximum absolute atomic E-state index is 11.5. The summed E-state index contributed by atoms with van der Waals surface area (Å²) in [6.45, 7) is 3.37. The van der Waals surface area contributed by atoms with E-state index in [4.69, 9.17) is 0 Å². The summed E-state index contributed by atoms with van der Waals surface area (Å²) in [5.74, 6) is 0.380. The SMILES string of the molecule is CCCC(=O)c1ccc(NC(C)=O)nc1. The minimum atomic E-state index is -0.171. The van der Waals surface area contributed by atoms with Gasteiger partial charge in [-0.3, -0.25) is 9.59 Å². The van der Waals surface area contributed by atoms with Crippen molar-refractivity contribution in [1.82, 2.24) is 4.98 Å². The molecule has 0 aliphatic heterocycles. The van der Waals surface area contributed by atoms with Gasteiger partial charge >= 0.3 is 0 Å². The number of pyridine rings is 1. The standard InChI is InChI=1S/C11H14N2O2/c1-3-4-10(15)9-5-6-11(12-7-9)13-8(2)14/h5-7H,3-4H2,1-2H3,(H,12,13,14). The molecule has 0 aromatic carbocycles. The lowest BCUT2D eigenvalue weighted by Gasteiger charge is -2.02. The minimum absolute atomic E-state index is 0.0828. The topological polar surface area (TPSA) is 59.1 Å². The van der Waals surface area contributed by atoms with Gasteiger partial charge in [0.2, 0.25) is 5.91 Å². The largest absolute Gasteiger partial charge is 0.311 e. The number of Topliss-reactive ketones (excluding diaryl/α,β-unsaturated/α-hetero) is 1. The molecule has 0 atom stereocenters. The van der Waals surface area contributed by atoms with Crippen molar-refractivity contribution in [2.45, 2.75) is 26.7 Å². The summed E-state index contributed by atoms with van der Waals surface area (Å²) in [7, 11) is 0. The molecule has 0 radical (unpaired) electrons. The Morgan fingerprint density at radius 1 is 1.40 bits per heavy atom. The predicted molar refractivity (Wildman–Crippen MR) is 57.8 cm³/mol. The van der Waals surface area contributed by atoms with Crippen LogP contribution in [0.3, 0.4) is 0 Å². The van der Waals surface area contributed by atoms with Gasteiger partial charge in [0.1, 0.15) is 5.82 Å². The van der Waals surface area contributed by atoms with Crippen LogP contribution in [0.4, 0.5) is 5.82 Å². The number of carbonyl (C=O) groups excluding carboxylic acids is 2. The number of amides is 1. The molecule has 1 rings (SSSR count). The van der Waals surface area contributed by atoms with Crippen molar-refractivity contribution in [3.63, 3.8) is 0 Å². The van der Waals surface area contributed by atoms with Gasteiger partial charge in [0.25, 0.3) is 0 Å². The van der Waals surface area contributed by atoms with E-state index in [0.717, 1.165) is 6.42 Å². The van der Waals surface area contributed by atoms with Gasteiger partial charge < -0.3 is 5.32 Å². The van der Waals surface area contributed by atoms with E-state index < -0.39 is 0 Å². The van der Waals surface area contributed by atoms with E-state index >= 15 is 0 Å². The van der Waals surface area contributed by atoms with Gasteiger partial charge in [0, 0.05) is 25.1 Å². The third-order valence-corrected chi connectivity index (χ3v) is 1.87. The van der Waals surface area contributed by atoms with Crippen LogP contribution in [0.2, 0.25) is 0 Å². The number of aromatic nitrogens is 1. The lowest BCUT2D eigenvalue weighted by molar-refractivity contribution is -0.114. The zero-order chi connectivity index (χ0) is 11.3. The number of ketones is 1. The summed E-state index contributed by atoms with van der Waals surface area (Å²) >= 11 is 0. The zero-order valence-electron chi connectivity index (χ0n) is 8.91. The van der Waals surface area contributed by atoms with E-state index in [9.17, 15) is 9.59 Å². The van der Waals surface area contributed by atoms with Gasteiger partial charge in [-0.2, -0.15) is 0 Å². The molecule has 4 nitrogen and oxygen atoms in total. The molecule has 0 saturated carbocycles. The first-order valence-corrected chi connectivity index (χ1v) is 4.90. The van der Waals surface area contributed by atoms with Gasteiger partial charge in [-0.05, 0) is 18.6 Å². The van der Waals surface area contributed by atoms with Crippen molar-refractivity contribution in [3.8, 4) is 0 Å². The second-order valence-electron chi connectivity index (χ2n) is 3.29. The van der Waals surface area contributed by atoms with Crippen LogP contribution in [0.25, 0.3) is 0 Å². The number of nitrogens with one attached hydrogen (secondary N) is 1. The van der Waals surface area contributed by atoms with Gasteiger partial charge in [-0.1, -0.05) is 6.92 Å². The normalized spacial score (nSPS) is 9.73. The van der Waals surface area contributed by atoms with E-state index in [1.54, 1.807) is 12.1 Å².